The predicted octanol–water partition coefficient (Wildman–Crippen LogP) is 2.88. The standard InChI is InChI=1S/C19H31N3O/c1-15-8-9-16(2)22(15)13-10-19(23)20-14-17-6-5-12-21-11-4-3-7-18(17)21/h8-9,17-18H,3-7,10-14H2,1-2H3,(H,20,23). The van der Waals surface area contributed by atoms with Crippen molar-refractivity contribution in [3.8, 4) is 0 Å². The van der Waals surface area contributed by atoms with Crippen LogP contribution in [0.25, 0.3) is 0 Å². The van der Waals surface area contributed by atoms with E-state index in [1.54, 1.807) is 0 Å². The minimum atomic E-state index is 0.199. The fourth-order valence-electron chi connectivity index (χ4n) is 4.41. The number of hydrogen-bond acceptors (Lipinski definition) is 2. The van der Waals surface area contributed by atoms with E-state index < -0.39 is 0 Å². The number of carbonyl (C=O) groups excluding carboxylic acids is 1. The topological polar surface area (TPSA) is 37.3 Å². The molecular weight excluding hydrogens is 286 g/mol. The second-order valence-corrected chi connectivity index (χ2v) is 7.32. The average Bonchev–Trinajstić information content (AvgIpc) is 2.89. The van der Waals surface area contributed by atoms with Crippen LogP contribution in [-0.2, 0) is 11.3 Å². The maximum absolute atomic E-state index is 12.2. The van der Waals surface area contributed by atoms with Gasteiger partial charge in [0.1, 0.15) is 0 Å². The van der Waals surface area contributed by atoms with E-state index >= 15 is 0 Å². The fraction of sp³-hybridized carbons (Fsp3) is 0.737. The van der Waals surface area contributed by atoms with Crippen LogP contribution in [0.15, 0.2) is 12.1 Å². The van der Waals surface area contributed by atoms with E-state index in [0.29, 0.717) is 18.4 Å². The Morgan fingerprint density at radius 1 is 1.13 bits per heavy atom. The minimum absolute atomic E-state index is 0.199. The predicted molar refractivity (Wildman–Crippen MR) is 93.5 cm³/mol. The molecule has 0 aliphatic carbocycles. The summed E-state index contributed by atoms with van der Waals surface area (Å²) in [6.07, 6.45) is 7.18. The second kappa shape index (κ2) is 7.52. The molecule has 2 saturated heterocycles. The van der Waals surface area contributed by atoms with Crippen LogP contribution in [0.4, 0.5) is 0 Å². The molecule has 2 aliphatic heterocycles. The summed E-state index contributed by atoms with van der Waals surface area (Å²) in [4.78, 5) is 14.9. The van der Waals surface area contributed by atoms with Crippen LogP contribution in [0.2, 0.25) is 0 Å². The van der Waals surface area contributed by atoms with E-state index in [1.807, 2.05) is 0 Å². The van der Waals surface area contributed by atoms with Gasteiger partial charge in [0.05, 0.1) is 0 Å². The Morgan fingerprint density at radius 2 is 1.87 bits per heavy atom. The van der Waals surface area contributed by atoms with Crippen molar-refractivity contribution in [1.29, 1.82) is 0 Å². The molecule has 23 heavy (non-hydrogen) atoms. The van der Waals surface area contributed by atoms with Crippen LogP contribution >= 0.6 is 0 Å². The van der Waals surface area contributed by atoms with Gasteiger partial charge in [-0.1, -0.05) is 6.42 Å². The lowest BCUT2D eigenvalue weighted by Crippen LogP contribution is -2.51. The molecule has 0 bridgehead atoms. The molecule has 128 valence electrons. The molecule has 0 saturated carbocycles. The van der Waals surface area contributed by atoms with Gasteiger partial charge in [-0.05, 0) is 70.7 Å². The zero-order valence-corrected chi connectivity index (χ0v) is 14.7. The minimum Gasteiger partial charge on any atom is -0.356 e. The first-order chi connectivity index (χ1) is 11.1. The SMILES string of the molecule is Cc1ccc(C)n1CCC(=O)NCC1CCCN2CCCCC12. The first-order valence-electron chi connectivity index (χ1n) is 9.28. The van der Waals surface area contributed by atoms with Crippen molar-refractivity contribution in [3.05, 3.63) is 23.5 Å². The number of rotatable bonds is 5. The summed E-state index contributed by atoms with van der Waals surface area (Å²) in [6.45, 7) is 8.39. The molecule has 2 fully saturated rings. The quantitative estimate of drug-likeness (QED) is 0.907. The van der Waals surface area contributed by atoms with Crippen molar-refractivity contribution in [1.82, 2.24) is 14.8 Å². The lowest BCUT2D eigenvalue weighted by Gasteiger charge is -2.44. The van der Waals surface area contributed by atoms with Crippen molar-refractivity contribution in [3.63, 3.8) is 0 Å². The zero-order valence-electron chi connectivity index (χ0n) is 14.7. The van der Waals surface area contributed by atoms with Gasteiger partial charge in [-0.3, -0.25) is 4.79 Å². The molecule has 2 unspecified atom stereocenters. The highest BCUT2D eigenvalue weighted by Crippen LogP contribution is 2.30. The molecule has 2 aliphatic rings. The summed E-state index contributed by atoms with van der Waals surface area (Å²) in [5.74, 6) is 0.855. The number of piperidine rings is 2. The lowest BCUT2D eigenvalue weighted by atomic mass is 9.83. The molecule has 1 amide bonds. The number of aromatic nitrogens is 1. The monoisotopic (exact) mass is 317 g/mol. The maximum atomic E-state index is 12.2. The van der Waals surface area contributed by atoms with Gasteiger partial charge < -0.3 is 14.8 Å². The van der Waals surface area contributed by atoms with Gasteiger partial charge in [-0.15, -0.1) is 0 Å². The highest BCUT2D eigenvalue weighted by atomic mass is 16.1. The molecule has 0 spiro atoms. The number of nitrogens with zero attached hydrogens (tertiary/aromatic N) is 2. The van der Waals surface area contributed by atoms with Crippen LogP contribution in [0.3, 0.4) is 0 Å². The smallest absolute Gasteiger partial charge is 0.221 e. The third kappa shape index (κ3) is 3.97. The van der Waals surface area contributed by atoms with E-state index in [9.17, 15) is 4.79 Å². The number of amides is 1. The Kier molecular flexibility index (Phi) is 5.42. The summed E-state index contributed by atoms with van der Waals surface area (Å²) in [7, 11) is 0. The molecule has 0 radical (unpaired) electrons. The molecular formula is C19H31N3O. The van der Waals surface area contributed by atoms with Gasteiger partial charge in [0.25, 0.3) is 0 Å². The van der Waals surface area contributed by atoms with Crippen LogP contribution in [0.5, 0.6) is 0 Å². The fourth-order valence-corrected chi connectivity index (χ4v) is 4.41. The summed E-state index contributed by atoms with van der Waals surface area (Å²) in [6, 6.07) is 4.95. The summed E-state index contributed by atoms with van der Waals surface area (Å²) < 4.78 is 2.23. The molecule has 4 nitrogen and oxygen atoms in total. The molecule has 3 heterocycles. The Morgan fingerprint density at radius 3 is 2.65 bits per heavy atom. The highest BCUT2D eigenvalue weighted by molar-refractivity contribution is 5.75. The first-order valence-corrected chi connectivity index (χ1v) is 9.28. The number of hydrogen-bond donors (Lipinski definition) is 1. The Balaban J connectivity index is 1.45. The van der Waals surface area contributed by atoms with Crippen molar-refractivity contribution in [2.45, 2.75) is 65.0 Å². The van der Waals surface area contributed by atoms with Gasteiger partial charge in [-0.25, -0.2) is 0 Å². The van der Waals surface area contributed by atoms with Crippen molar-refractivity contribution in [2.75, 3.05) is 19.6 Å². The van der Waals surface area contributed by atoms with Crippen LogP contribution < -0.4 is 5.32 Å². The van der Waals surface area contributed by atoms with Crippen LogP contribution in [-0.4, -0.2) is 41.1 Å². The molecule has 1 aromatic rings. The Labute approximate surface area is 140 Å². The van der Waals surface area contributed by atoms with E-state index in [0.717, 1.165) is 13.1 Å². The van der Waals surface area contributed by atoms with Gasteiger partial charge in [0, 0.05) is 36.9 Å². The van der Waals surface area contributed by atoms with E-state index in [-0.39, 0.29) is 5.91 Å². The van der Waals surface area contributed by atoms with Gasteiger partial charge in [0.15, 0.2) is 0 Å². The van der Waals surface area contributed by atoms with Gasteiger partial charge >= 0.3 is 0 Å². The number of fused-ring (bicyclic) bond motifs is 1. The van der Waals surface area contributed by atoms with Gasteiger partial charge in [-0.2, -0.15) is 0 Å². The van der Waals surface area contributed by atoms with E-state index in [1.165, 1.54) is 56.6 Å². The summed E-state index contributed by atoms with van der Waals surface area (Å²) >= 11 is 0. The maximum Gasteiger partial charge on any atom is 0.221 e. The summed E-state index contributed by atoms with van der Waals surface area (Å²) in [5, 5.41) is 3.21. The molecule has 3 rings (SSSR count). The molecule has 1 aromatic heterocycles. The van der Waals surface area contributed by atoms with E-state index in [4.69, 9.17) is 0 Å². The third-order valence-corrected chi connectivity index (χ3v) is 5.77. The molecule has 0 aromatic carbocycles. The van der Waals surface area contributed by atoms with Crippen LogP contribution in [0.1, 0.15) is 49.9 Å². The lowest BCUT2D eigenvalue weighted by molar-refractivity contribution is -0.121. The van der Waals surface area contributed by atoms with E-state index in [2.05, 4.69) is 40.8 Å². The van der Waals surface area contributed by atoms with Crippen LogP contribution in [0, 0.1) is 19.8 Å². The van der Waals surface area contributed by atoms with Crippen molar-refractivity contribution >= 4 is 5.91 Å². The van der Waals surface area contributed by atoms with Gasteiger partial charge in [0.2, 0.25) is 5.91 Å². The zero-order chi connectivity index (χ0) is 16.2. The van der Waals surface area contributed by atoms with Crippen molar-refractivity contribution in [2.24, 2.45) is 5.92 Å². The highest BCUT2D eigenvalue weighted by Gasteiger charge is 2.32. The number of nitrogens with one attached hydrogen (secondary N) is 1. The normalized spacial score (nSPS) is 25.1. The largest absolute Gasteiger partial charge is 0.356 e. The Bertz CT molecular complexity index is 515. The number of carbonyl (C=O) groups is 1. The first kappa shape index (κ1) is 16.6. The number of aryl methyl sites for hydroxylation is 2. The summed E-state index contributed by atoms with van der Waals surface area (Å²) in [5.41, 5.74) is 2.47. The average molecular weight is 317 g/mol. The molecule has 4 heteroatoms. The second-order valence-electron chi connectivity index (χ2n) is 7.32. The third-order valence-electron chi connectivity index (χ3n) is 5.77. The Hall–Kier alpha value is -1.29. The molecule has 1 N–H and O–H groups in total. The molecule has 2 atom stereocenters. The van der Waals surface area contributed by atoms with Crippen molar-refractivity contribution < 1.29 is 4.79 Å².